The van der Waals surface area contributed by atoms with Crippen molar-refractivity contribution in [2.45, 2.75) is 19.9 Å². The summed E-state index contributed by atoms with van der Waals surface area (Å²) in [5, 5.41) is 8.63. The quantitative estimate of drug-likeness (QED) is 0.673. The molecule has 0 saturated heterocycles. The van der Waals surface area contributed by atoms with Crippen LogP contribution in [0.1, 0.15) is 11.9 Å². The lowest BCUT2D eigenvalue weighted by Crippen LogP contribution is -2.31. The van der Waals surface area contributed by atoms with E-state index >= 15 is 0 Å². The van der Waals surface area contributed by atoms with Crippen LogP contribution in [0.15, 0.2) is 47.8 Å². The highest BCUT2D eigenvalue weighted by atomic mass is 32.1. The molecule has 26 heavy (non-hydrogen) atoms. The molecule has 2 aromatic carbocycles. The van der Waals surface area contributed by atoms with Gasteiger partial charge in [-0.15, -0.1) is 11.3 Å². The molecule has 0 saturated carbocycles. The zero-order valence-electron chi connectivity index (χ0n) is 14.2. The predicted octanol–water partition coefficient (Wildman–Crippen LogP) is 4.84. The van der Waals surface area contributed by atoms with Gasteiger partial charge in [0, 0.05) is 28.4 Å². The van der Waals surface area contributed by atoms with Crippen molar-refractivity contribution in [2.24, 2.45) is 0 Å². The molecule has 1 amide bonds. The van der Waals surface area contributed by atoms with Crippen molar-refractivity contribution in [3.05, 3.63) is 64.5 Å². The molecule has 0 bridgehead atoms. The van der Waals surface area contributed by atoms with Crippen LogP contribution in [0.25, 0.3) is 11.3 Å². The fourth-order valence-corrected chi connectivity index (χ4v) is 3.00. The van der Waals surface area contributed by atoms with Crippen molar-refractivity contribution in [3.63, 3.8) is 0 Å². The number of hydrogen-bond acceptors (Lipinski definition) is 4. The lowest BCUT2D eigenvalue weighted by Gasteiger charge is -2.15. The molecule has 1 heterocycles. The normalized spacial score (nSPS) is 11.8. The van der Waals surface area contributed by atoms with Gasteiger partial charge in [0.2, 0.25) is 5.91 Å². The molecule has 1 aromatic heterocycles. The third-order valence-corrected chi connectivity index (χ3v) is 4.54. The number of aryl methyl sites for hydroxylation is 1. The van der Waals surface area contributed by atoms with Crippen LogP contribution in [-0.2, 0) is 4.79 Å². The van der Waals surface area contributed by atoms with Crippen molar-refractivity contribution in [1.82, 2.24) is 4.98 Å². The van der Waals surface area contributed by atoms with Gasteiger partial charge in [-0.3, -0.25) is 4.79 Å². The molecule has 0 aliphatic heterocycles. The Balaban J connectivity index is 1.62. The Morgan fingerprint density at radius 2 is 1.77 bits per heavy atom. The van der Waals surface area contributed by atoms with Crippen LogP contribution in [0.5, 0.6) is 0 Å². The van der Waals surface area contributed by atoms with Crippen LogP contribution < -0.4 is 10.6 Å². The van der Waals surface area contributed by atoms with Crippen molar-refractivity contribution >= 4 is 28.6 Å². The Kier molecular flexibility index (Phi) is 5.27. The highest BCUT2D eigenvalue weighted by Crippen LogP contribution is 2.23. The zero-order chi connectivity index (χ0) is 18.7. The molecule has 0 radical (unpaired) electrons. The Morgan fingerprint density at radius 3 is 2.38 bits per heavy atom. The van der Waals surface area contributed by atoms with Gasteiger partial charge in [0.25, 0.3) is 0 Å². The monoisotopic (exact) mass is 373 g/mol. The van der Waals surface area contributed by atoms with Gasteiger partial charge < -0.3 is 10.6 Å². The summed E-state index contributed by atoms with van der Waals surface area (Å²) in [5.74, 6) is -2.31. The van der Waals surface area contributed by atoms with Crippen LogP contribution in [0.3, 0.4) is 0 Å². The number of amides is 1. The maximum Gasteiger partial charge on any atom is 0.246 e. The van der Waals surface area contributed by atoms with Gasteiger partial charge >= 0.3 is 0 Å². The first-order valence-electron chi connectivity index (χ1n) is 7.97. The number of rotatable bonds is 5. The molecule has 0 aliphatic rings. The first kappa shape index (κ1) is 18.0. The largest absolute Gasteiger partial charge is 0.374 e. The van der Waals surface area contributed by atoms with Crippen LogP contribution in [0, 0.1) is 18.6 Å². The minimum Gasteiger partial charge on any atom is -0.374 e. The van der Waals surface area contributed by atoms with E-state index in [0.29, 0.717) is 0 Å². The third-order valence-electron chi connectivity index (χ3n) is 3.76. The average molecular weight is 373 g/mol. The Hall–Kier alpha value is -2.80. The van der Waals surface area contributed by atoms with E-state index in [1.54, 1.807) is 18.3 Å². The van der Waals surface area contributed by atoms with Gasteiger partial charge in [-0.25, -0.2) is 13.8 Å². The SMILES string of the molecule is Cc1nc(-c2ccc(N[C@@H](C)C(=O)Nc3ccc(F)c(F)c3)cc2)cs1. The molecular formula is C19H17F2N3OS. The van der Waals surface area contributed by atoms with Crippen LogP contribution in [-0.4, -0.2) is 16.9 Å². The van der Waals surface area contributed by atoms with Gasteiger partial charge in [0.05, 0.1) is 10.7 Å². The van der Waals surface area contributed by atoms with Crippen LogP contribution in [0.2, 0.25) is 0 Å². The third kappa shape index (κ3) is 4.23. The summed E-state index contributed by atoms with van der Waals surface area (Å²) in [7, 11) is 0. The van der Waals surface area contributed by atoms with Gasteiger partial charge in [-0.2, -0.15) is 0 Å². The Bertz CT molecular complexity index is 925. The fourth-order valence-electron chi connectivity index (χ4n) is 2.37. The van der Waals surface area contributed by atoms with Crippen molar-refractivity contribution in [2.75, 3.05) is 10.6 Å². The van der Waals surface area contributed by atoms with E-state index in [9.17, 15) is 13.6 Å². The van der Waals surface area contributed by atoms with Gasteiger partial charge in [-0.1, -0.05) is 12.1 Å². The minimum atomic E-state index is -1.00. The molecule has 7 heteroatoms. The first-order valence-corrected chi connectivity index (χ1v) is 8.85. The van der Waals surface area contributed by atoms with E-state index in [-0.39, 0.29) is 11.6 Å². The van der Waals surface area contributed by atoms with Crippen LogP contribution >= 0.6 is 11.3 Å². The average Bonchev–Trinajstić information content (AvgIpc) is 3.05. The molecule has 1 atom stereocenters. The number of nitrogens with one attached hydrogen (secondary N) is 2. The van der Waals surface area contributed by atoms with E-state index in [1.807, 2.05) is 36.6 Å². The molecule has 3 rings (SSSR count). The lowest BCUT2D eigenvalue weighted by molar-refractivity contribution is -0.116. The molecule has 2 N–H and O–H groups in total. The van der Waals surface area contributed by atoms with Crippen LogP contribution in [0.4, 0.5) is 20.2 Å². The van der Waals surface area contributed by atoms with E-state index in [2.05, 4.69) is 15.6 Å². The molecule has 4 nitrogen and oxygen atoms in total. The van der Waals surface area contributed by atoms with Gasteiger partial charge in [0.15, 0.2) is 11.6 Å². The summed E-state index contributed by atoms with van der Waals surface area (Å²) in [5.41, 5.74) is 2.90. The number of nitrogens with zero attached hydrogens (tertiary/aromatic N) is 1. The summed E-state index contributed by atoms with van der Waals surface area (Å²) in [4.78, 5) is 16.6. The molecule has 0 fully saturated rings. The van der Waals surface area contributed by atoms with Gasteiger partial charge in [0.1, 0.15) is 6.04 Å². The number of aromatic nitrogens is 1. The van der Waals surface area contributed by atoms with Crippen molar-refractivity contribution in [3.8, 4) is 11.3 Å². The molecule has 0 unspecified atom stereocenters. The topological polar surface area (TPSA) is 54.0 Å². The maximum atomic E-state index is 13.2. The second-order valence-corrected chi connectivity index (χ2v) is 6.88. The Morgan fingerprint density at radius 1 is 1.08 bits per heavy atom. The summed E-state index contributed by atoms with van der Waals surface area (Å²) in [6.07, 6.45) is 0. The van der Waals surface area contributed by atoms with E-state index < -0.39 is 17.7 Å². The maximum absolute atomic E-state index is 13.2. The number of halogens is 2. The van der Waals surface area contributed by atoms with E-state index in [4.69, 9.17) is 0 Å². The standard InChI is InChI=1S/C19H17F2N3OS/c1-11(19(25)24-15-7-8-16(20)17(21)9-15)22-14-5-3-13(4-6-14)18-10-26-12(2)23-18/h3-11,22H,1-2H3,(H,24,25)/t11-/m0/s1. The summed E-state index contributed by atoms with van der Waals surface area (Å²) in [6, 6.07) is 10.3. The second-order valence-electron chi connectivity index (χ2n) is 5.81. The van der Waals surface area contributed by atoms with Crippen molar-refractivity contribution < 1.29 is 13.6 Å². The molecule has 0 aliphatic carbocycles. The minimum absolute atomic E-state index is 0.205. The number of carbonyl (C=O) groups excluding carboxylic acids is 1. The second kappa shape index (κ2) is 7.61. The predicted molar refractivity (Wildman–Crippen MR) is 100 cm³/mol. The smallest absolute Gasteiger partial charge is 0.246 e. The van der Waals surface area contributed by atoms with Crippen molar-refractivity contribution in [1.29, 1.82) is 0 Å². The number of anilines is 2. The molecular weight excluding hydrogens is 356 g/mol. The molecule has 134 valence electrons. The summed E-state index contributed by atoms with van der Waals surface area (Å²) in [6.45, 7) is 3.64. The Labute approximate surface area is 153 Å². The van der Waals surface area contributed by atoms with E-state index in [1.165, 1.54) is 6.07 Å². The first-order chi connectivity index (χ1) is 12.4. The molecule has 0 spiro atoms. The summed E-state index contributed by atoms with van der Waals surface area (Å²) >= 11 is 1.59. The number of thiazole rings is 1. The van der Waals surface area contributed by atoms with Gasteiger partial charge in [-0.05, 0) is 38.1 Å². The zero-order valence-corrected chi connectivity index (χ0v) is 15.0. The fraction of sp³-hybridized carbons (Fsp3) is 0.158. The lowest BCUT2D eigenvalue weighted by atomic mass is 10.1. The number of carbonyl (C=O) groups is 1. The number of hydrogen-bond donors (Lipinski definition) is 2. The summed E-state index contributed by atoms with van der Waals surface area (Å²) < 4.78 is 26.1. The number of benzene rings is 2. The highest BCUT2D eigenvalue weighted by molar-refractivity contribution is 7.09. The molecule has 3 aromatic rings. The highest BCUT2D eigenvalue weighted by Gasteiger charge is 2.14. The van der Waals surface area contributed by atoms with E-state index in [0.717, 1.165) is 34.1 Å².